The van der Waals surface area contributed by atoms with E-state index in [0.717, 1.165) is 38.5 Å². The number of carboxylic acids is 2. The number of carbonyl (C=O) groups is 2. The number of aliphatic carboxylic acids is 2. The Morgan fingerprint density at radius 2 is 0.625 bits per heavy atom. The molecule has 2 N–H and O–H groups in total. The molecule has 0 aromatic rings. The minimum atomic E-state index is -1.05. The maximum absolute atomic E-state index is 11.7. The van der Waals surface area contributed by atoms with E-state index in [0.29, 0.717) is 12.8 Å². The van der Waals surface area contributed by atoms with Crippen LogP contribution < -0.4 is 0 Å². The van der Waals surface area contributed by atoms with Gasteiger partial charge in [-0.05, 0) is 25.7 Å². The summed E-state index contributed by atoms with van der Waals surface area (Å²) in [7, 11) is 0. The van der Waals surface area contributed by atoms with Crippen LogP contribution >= 0.6 is 0 Å². The second kappa shape index (κ2) is 22.9. The third-order valence-electron chi connectivity index (χ3n) is 6.44. The lowest BCUT2D eigenvalue weighted by Gasteiger charge is -2.10. The molecule has 0 saturated heterocycles. The van der Waals surface area contributed by atoms with Crippen LogP contribution in [-0.2, 0) is 9.59 Å². The lowest BCUT2D eigenvalue weighted by Crippen LogP contribution is -2.12. The lowest BCUT2D eigenvalue weighted by molar-refractivity contribution is -0.136. The molecule has 0 heterocycles. The fourth-order valence-electron chi connectivity index (χ4n) is 4.35. The molecule has 0 amide bonds. The molecule has 0 aliphatic carbocycles. The quantitative estimate of drug-likeness (QED) is 0.113. The summed E-state index contributed by atoms with van der Waals surface area (Å²) in [4.78, 5) is 23.4. The lowest BCUT2D eigenvalue weighted by atomic mass is 9.96. The summed E-state index contributed by atoms with van der Waals surface area (Å²) < 4.78 is 0. The van der Waals surface area contributed by atoms with E-state index in [2.05, 4.69) is 13.8 Å². The Bertz CT molecular complexity index is 452. The summed E-state index contributed by atoms with van der Waals surface area (Å²) in [5.74, 6) is -2.10. The number of unbranched alkanes of at least 4 members (excludes halogenated alkanes) is 18. The van der Waals surface area contributed by atoms with E-state index < -0.39 is 11.9 Å². The van der Waals surface area contributed by atoms with Crippen molar-refractivity contribution in [3.63, 3.8) is 0 Å². The van der Waals surface area contributed by atoms with Gasteiger partial charge in [-0.25, -0.2) is 9.59 Å². The summed E-state index contributed by atoms with van der Waals surface area (Å²) in [5.41, 5.74) is 0.265. The topological polar surface area (TPSA) is 74.6 Å². The van der Waals surface area contributed by atoms with E-state index in [1.807, 2.05) is 0 Å². The van der Waals surface area contributed by atoms with Crippen LogP contribution in [0.4, 0.5) is 0 Å². The van der Waals surface area contributed by atoms with Gasteiger partial charge in [0.2, 0.25) is 0 Å². The van der Waals surface area contributed by atoms with Gasteiger partial charge in [0.25, 0.3) is 0 Å². The minimum absolute atomic E-state index is 0.132. The molecule has 0 atom stereocenters. The molecule has 188 valence electrons. The Kier molecular flexibility index (Phi) is 21.9. The van der Waals surface area contributed by atoms with E-state index in [9.17, 15) is 19.8 Å². The van der Waals surface area contributed by atoms with Crippen molar-refractivity contribution in [2.75, 3.05) is 0 Å². The summed E-state index contributed by atoms with van der Waals surface area (Å²) in [6.45, 7) is 4.46. The Labute approximate surface area is 198 Å². The highest BCUT2D eigenvalue weighted by atomic mass is 16.4. The first-order valence-electron chi connectivity index (χ1n) is 13.7. The third-order valence-corrected chi connectivity index (χ3v) is 6.44. The number of hydrogen-bond acceptors (Lipinski definition) is 2. The van der Waals surface area contributed by atoms with Gasteiger partial charge in [-0.15, -0.1) is 0 Å². The Hall–Kier alpha value is -1.32. The second-order valence-electron chi connectivity index (χ2n) is 9.43. The smallest absolute Gasteiger partial charge is 0.332 e. The molecule has 0 radical (unpaired) electrons. The van der Waals surface area contributed by atoms with Crippen LogP contribution in [0.3, 0.4) is 0 Å². The molecule has 0 bridgehead atoms. The van der Waals surface area contributed by atoms with Crippen molar-refractivity contribution in [3.8, 4) is 0 Å². The van der Waals surface area contributed by atoms with Gasteiger partial charge >= 0.3 is 11.9 Å². The molecule has 4 heteroatoms. The van der Waals surface area contributed by atoms with Crippen LogP contribution in [0.25, 0.3) is 0 Å². The molecule has 0 aliphatic rings. The van der Waals surface area contributed by atoms with Crippen molar-refractivity contribution in [1.82, 2.24) is 0 Å². The van der Waals surface area contributed by atoms with Gasteiger partial charge in [-0.1, -0.05) is 129 Å². The molecule has 0 unspecified atom stereocenters. The normalized spacial score (nSPS) is 12.1. The van der Waals surface area contributed by atoms with Gasteiger partial charge in [0, 0.05) is 11.1 Å². The second-order valence-corrected chi connectivity index (χ2v) is 9.43. The van der Waals surface area contributed by atoms with Crippen molar-refractivity contribution in [3.05, 3.63) is 11.1 Å². The Balaban J connectivity index is 4.11. The van der Waals surface area contributed by atoms with Crippen LogP contribution in [0.5, 0.6) is 0 Å². The van der Waals surface area contributed by atoms with E-state index >= 15 is 0 Å². The summed E-state index contributed by atoms with van der Waals surface area (Å²) in [5, 5.41) is 19.2. The first-order chi connectivity index (χ1) is 15.5. The van der Waals surface area contributed by atoms with Crippen LogP contribution in [0.2, 0.25) is 0 Å². The van der Waals surface area contributed by atoms with E-state index in [-0.39, 0.29) is 11.1 Å². The highest BCUT2D eigenvalue weighted by molar-refractivity contribution is 5.98. The molecule has 0 rings (SSSR count). The summed E-state index contributed by atoms with van der Waals surface area (Å²) in [6.07, 6.45) is 24.5. The van der Waals surface area contributed by atoms with Gasteiger partial charge < -0.3 is 10.2 Å². The predicted molar refractivity (Wildman–Crippen MR) is 135 cm³/mol. The van der Waals surface area contributed by atoms with E-state index in [1.165, 1.54) is 89.9 Å². The molecule has 0 spiro atoms. The third kappa shape index (κ3) is 18.3. The zero-order chi connectivity index (χ0) is 23.9. The first-order valence-corrected chi connectivity index (χ1v) is 13.7. The summed E-state index contributed by atoms with van der Waals surface area (Å²) >= 11 is 0. The zero-order valence-corrected chi connectivity index (χ0v) is 21.3. The molecular weight excluding hydrogens is 400 g/mol. The standard InChI is InChI=1S/C28H52O4/c1-3-5-7-9-11-13-15-17-19-21-23-25(27(29)30)26(28(31)32)24-22-20-18-16-14-12-10-8-6-4-2/h3-24H2,1-2H3,(H,29,30)(H,31,32)/b26-25+. The first kappa shape index (κ1) is 30.7. The van der Waals surface area contributed by atoms with Crippen molar-refractivity contribution in [1.29, 1.82) is 0 Å². The molecule has 0 aliphatic heterocycles. The summed E-state index contributed by atoms with van der Waals surface area (Å²) in [6, 6.07) is 0. The molecule has 0 aromatic heterocycles. The SMILES string of the molecule is CCCCCCCCCCCC/C(C(=O)O)=C(/CCCCCCCCCCCC)C(=O)O. The van der Waals surface area contributed by atoms with Crippen molar-refractivity contribution in [2.24, 2.45) is 0 Å². The maximum atomic E-state index is 11.7. The Morgan fingerprint density at radius 3 is 0.844 bits per heavy atom. The average Bonchev–Trinajstić information content (AvgIpc) is 2.76. The van der Waals surface area contributed by atoms with E-state index in [4.69, 9.17) is 0 Å². The number of hydrogen-bond donors (Lipinski definition) is 2. The molecule has 0 aromatic carbocycles. The van der Waals surface area contributed by atoms with Crippen LogP contribution in [0.1, 0.15) is 155 Å². The van der Waals surface area contributed by atoms with Crippen LogP contribution in [-0.4, -0.2) is 22.2 Å². The van der Waals surface area contributed by atoms with Crippen molar-refractivity contribution >= 4 is 11.9 Å². The fourth-order valence-corrected chi connectivity index (χ4v) is 4.35. The van der Waals surface area contributed by atoms with Crippen molar-refractivity contribution in [2.45, 2.75) is 155 Å². The van der Waals surface area contributed by atoms with E-state index in [1.54, 1.807) is 0 Å². The fraction of sp³-hybridized carbons (Fsp3) is 0.857. The number of rotatable bonds is 24. The molecule has 32 heavy (non-hydrogen) atoms. The maximum Gasteiger partial charge on any atom is 0.332 e. The highest BCUT2D eigenvalue weighted by Crippen LogP contribution is 2.21. The predicted octanol–water partition coefficient (Wildman–Crippen LogP) is 9.07. The van der Waals surface area contributed by atoms with Crippen LogP contribution in [0, 0.1) is 0 Å². The molecular formula is C28H52O4. The van der Waals surface area contributed by atoms with Gasteiger partial charge in [-0.3, -0.25) is 0 Å². The van der Waals surface area contributed by atoms with Gasteiger partial charge in [0.05, 0.1) is 0 Å². The largest absolute Gasteiger partial charge is 0.478 e. The average molecular weight is 453 g/mol. The molecule has 0 saturated carbocycles. The molecule has 4 nitrogen and oxygen atoms in total. The van der Waals surface area contributed by atoms with Gasteiger partial charge in [0.15, 0.2) is 0 Å². The van der Waals surface area contributed by atoms with Crippen LogP contribution in [0.15, 0.2) is 11.1 Å². The van der Waals surface area contributed by atoms with Gasteiger partial charge in [-0.2, -0.15) is 0 Å². The highest BCUT2D eigenvalue weighted by Gasteiger charge is 2.19. The monoisotopic (exact) mass is 452 g/mol. The van der Waals surface area contributed by atoms with Crippen molar-refractivity contribution < 1.29 is 19.8 Å². The molecule has 0 fully saturated rings. The number of carboxylic acid groups (broad SMARTS) is 2. The minimum Gasteiger partial charge on any atom is -0.478 e. The Morgan fingerprint density at radius 1 is 0.406 bits per heavy atom. The van der Waals surface area contributed by atoms with Gasteiger partial charge in [0.1, 0.15) is 0 Å². The zero-order valence-electron chi connectivity index (χ0n) is 21.3.